The number of ether oxygens (including phenoxy) is 1. The van der Waals surface area contributed by atoms with E-state index in [0.717, 1.165) is 36.7 Å². The number of benzene rings is 1. The van der Waals surface area contributed by atoms with Crippen molar-refractivity contribution in [1.82, 2.24) is 26.6 Å². The predicted molar refractivity (Wildman–Crippen MR) is 135 cm³/mol. The first-order valence-electron chi connectivity index (χ1n) is 12.3. The fourth-order valence-corrected chi connectivity index (χ4v) is 3.05. The van der Waals surface area contributed by atoms with Gasteiger partial charge in [0, 0.05) is 52.7 Å². The Kier molecular flexibility index (Phi) is 16.8. The highest BCUT2D eigenvalue weighted by molar-refractivity contribution is 5.80. The van der Waals surface area contributed by atoms with Gasteiger partial charge in [0.05, 0.1) is 6.42 Å². The molecule has 0 saturated carbocycles. The number of carbonyl (C=O) groups is 5. The zero-order valence-electron chi connectivity index (χ0n) is 21.0. The van der Waals surface area contributed by atoms with Crippen LogP contribution in [0.5, 0.6) is 0 Å². The van der Waals surface area contributed by atoms with Crippen molar-refractivity contribution in [3.8, 4) is 0 Å². The van der Waals surface area contributed by atoms with Gasteiger partial charge in [-0.25, -0.2) is 4.79 Å². The second-order valence-electron chi connectivity index (χ2n) is 8.15. The molecule has 0 fully saturated rings. The monoisotopic (exact) mass is 505 g/mol. The third-order valence-corrected chi connectivity index (χ3v) is 5.10. The van der Waals surface area contributed by atoms with E-state index in [9.17, 15) is 24.0 Å². The van der Waals surface area contributed by atoms with Crippen LogP contribution in [0.2, 0.25) is 0 Å². The van der Waals surface area contributed by atoms with Gasteiger partial charge in [0.15, 0.2) is 0 Å². The highest BCUT2D eigenvalue weighted by Crippen LogP contribution is 2.05. The molecule has 0 unspecified atom stereocenters. The van der Waals surface area contributed by atoms with Gasteiger partial charge in [0.2, 0.25) is 17.7 Å². The minimum absolute atomic E-state index is 0.0682. The van der Waals surface area contributed by atoms with E-state index in [1.165, 1.54) is 0 Å². The van der Waals surface area contributed by atoms with Gasteiger partial charge >= 0.3 is 6.03 Å². The molecule has 200 valence electrons. The van der Waals surface area contributed by atoms with Crippen molar-refractivity contribution in [2.75, 3.05) is 39.9 Å². The van der Waals surface area contributed by atoms with Gasteiger partial charge < -0.3 is 36.1 Å². The summed E-state index contributed by atoms with van der Waals surface area (Å²) < 4.78 is 5.34. The number of amides is 5. The Morgan fingerprint density at radius 1 is 0.778 bits per heavy atom. The molecule has 11 heteroatoms. The Bertz CT molecular complexity index is 816. The third-order valence-electron chi connectivity index (χ3n) is 5.10. The molecule has 5 N–H and O–H groups in total. The van der Waals surface area contributed by atoms with Crippen molar-refractivity contribution in [2.45, 2.75) is 51.5 Å². The summed E-state index contributed by atoms with van der Waals surface area (Å²) in [6.07, 6.45) is 5.08. The van der Waals surface area contributed by atoms with Gasteiger partial charge in [-0.3, -0.25) is 14.4 Å². The molecular formula is C25H39N5O6. The average molecular weight is 506 g/mol. The zero-order valence-corrected chi connectivity index (χ0v) is 21.0. The first kappa shape index (κ1) is 30.6. The molecule has 0 bridgehead atoms. The summed E-state index contributed by atoms with van der Waals surface area (Å²) in [6, 6.07) is 7.10. The van der Waals surface area contributed by atoms with E-state index in [4.69, 9.17) is 4.74 Å². The van der Waals surface area contributed by atoms with Crippen LogP contribution < -0.4 is 26.6 Å². The molecule has 0 aliphatic rings. The summed E-state index contributed by atoms with van der Waals surface area (Å²) in [5.41, 5.74) is 1.73. The molecule has 0 aliphatic heterocycles. The fourth-order valence-electron chi connectivity index (χ4n) is 3.05. The number of aldehydes is 1. The van der Waals surface area contributed by atoms with Crippen molar-refractivity contribution in [3.63, 3.8) is 0 Å². The van der Waals surface area contributed by atoms with E-state index in [-0.39, 0.29) is 43.2 Å². The SMILES string of the molecule is CNC(=O)CCNC(=O)Cc1ccc(CNC(=O)COCCCNC(=O)NCCCCCC=O)cc1. The van der Waals surface area contributed by atoms with Crippen LogP contribution in [0, 0.1) is 0 Å². The lowest BCUT2D eigenvalue weighted by Crippen LogP contribution is -2.36. The summed E-state index contributed by atoms with van der Waals surface area (Å²) in [5, 5.41) is 13.4. The number of unbranched alkanes of at least 4 members (excludes halogenated alkanes) is 3. The number of nitrogens with one attached hydrogen (secondary N) is 5. The quantitative estimate of drug-likeness (QED) is 0.137. The maximum atomic E-state index is 11.9. The summed E-state index contributed by atoms with van der Waals surface area (Å²) in [6.45, 7) is 1.93. The molecule has 0 aliphatic carbocycles. The summed E-state index contributed by atoms with van der Waals surface area (Å²) in [4.78, 5) is 56.9. The van der Waals surface area contributed by atoms with E-state index in [0.29, 0.717) is 45.6 Å². The summed E-state index contributed by atoms with van der Waals surface area (Å²) in [5.74, 6) is -0.523. The van der Waals surface area contributed by atoms with E-state index < -0.39 is 0 Å². The van der Waals surface area contributed by atoms with E-state index >= 15 is 0 Å². The molecule has 0 spiro atoms. The van der Waals surface area contributed by atoms with Crippen molar-refractivity contribution in [1.29, 1.82) is 0 Å². The Morgan fingerprint density at radius 2 is 1.47 bits per heavy atom. The molecule has 36 heavy (non-hydrogen) atoms. The van der Waals surface area contributed by atoms with Crippen LogP contribution in [0.4, 0.5) is 4.79 Å². The lowest BCUT2D eigenvalue weighted by molar-refractivity contribution is -0.126. The number of carbonyl (C=O) groups excluding carboxylic acids is 5. The predicted octanol–water partition coefficient (Wildman–Crippen LogP) is 0.563. The van der Waals surface area contributed by atoms with Crippen LogP contribution in [0.25, 0.3) is 0 Å². The molecule has 1 aromatic carbocycles. The van der Waals surface area contributed by atoms with E-state index in [1.54, 1.807) is 7.05 Å². The highest BCUT2D eigenvalue weighted by Gasteiger charge is 2.06. The van der Waals surface area contributed by atoms with Crippen LogP contribution in [-0.2, 0) is 36.9 Å². The number of urea groups is 1. The Hall–Kier alpha value is -3.47. The maximum Gasteiger partial charge on any atom is 0.314 e. The lowest BCUT2D eigenvalue weighted by Gasteiger charge is -2.09. The molecule has 0 aromatic heterocycles. The third kappa shape index (κ3) is 16.2. The van der Waals surface area contributed by atoms with Gasteiger partial charge in [-0.05, 0) is 30.4 Å². The maximum absolute atomic E-state index is 11.9. The molecule has 0 heterocycles. The Morgan fingerprint density at radius 3 is 2.17 bits per heavy atom. The molecule has 0 saturated heterocycles. The Labute approximate surface area is 212 Å². The van der Waals surface area contributed by atoms with Crippen molar-refractivity contribution >= 4 is 30.0 Å². The van der Waals surface area contributed by atoms with E-state index in [2.05, 4.69) is 26.6 Å². The largest absolute Gasteiger partial charge is 0.372 e. The van der Waals surface area contributed by atoms with Crippen LogP contribution >= 0.6 is 0 Å². The van der Waals surface area contributed by atoms with E-state index in [1.807, 2.05) is 24.3 Å². The van der Waals surface area contributed by atoms with Gasteiger partial charge in [-0.1, -0.05) is 30.7 Å². The van der Waals surface area contributed by atoms with Crippen molar-refractivity contribution in [2.24, 2.45) is 0 Å². The fraction of sp³-hybridized carbons (Fsp3) is 0.560. The first-order chi connectivity index (χ1) is 17.4. The van der Waals surface area contributed by atoms with Gasteiger partial charge in [-0.15, -0.1) is 0 Å². The normalized spacial score (nSPS) is 10.2. The standard InChI is InChI=1S/C25H39N5O6/c1-26-22(32)11-14-27-23(33)17-20-7-9-21(10-8-20)18-30-24(34)19-36-16-6-13-29-25(35)28-12-4-2-3-5-15-31/h7-10,15H,2-6,11-14,16-19H2,1H3,(H,26,32)(H,27,33)(H,30,34)(H2,28,29,35). The second kappa shape index (κ2) is 19.8. The lowest BCUT2D eigenvalue weighted by atomic mass is 10.1. The van der Waals surface area contributed by atoms with Crippen LogP contribution in [0.1, 0.15) is 49.7 Å². The smallest absolute Gasteiger partial charge is 0.314 e. The molecule has 0 atom stereocenters. The average Bonchev–Trinajstić information content (AvgIpc) is 2.87. The highest BCUT2D eigenvalue weighted by atomic mass is 16.5. The number of rotatable bonds is 19. The molecule has 1 rings (SSSR count). The van der Waals surface area contributed by atoms with Crippen LogP contribution in [0.3, 0.4) is 0 Å². The zero-order chi connectivity index (χ0) is 26.4. The van der Waals surface area contributed by atoms with Crippen LogP contribution in [-0.4, -0.2) is 69.9 Å². The first-order valence-corrected chi connectivity index (χ1v) is 12.3. The molecule has 5 amide bonds. The number of hydrogen-bond acceptors (Lipinski definition) is 6. The topological polar surface area (TPSA) is 155 Å². The molecule has 1 aromatic rings. The number of hydrogen-bond donors (Lipinski definition) is 5. The Balaban J connectivity index is 2.07. The second-order valence-corrected chi connectivity index (χ2v) is 8.15. The molecule has 11 nitrogen and oxygen atoms in total. The molecular weight excluding hydrogens is 466 g/mol. The molecule has 0 radical (unpaired) electrons. The van der Waals surface area contributed by atoms with Gasteiger partial charge in [0.25, 0.3) is 0 Å². The minimum Gasteiger partial charge on any atom is -0.372 e. The minimum atomic E-state index is -0.241. The summed E-state index contributed by atoms with van der Waals surface area (Å²) in [7, 11) is 1.55. The van der Waals surface area contributed by atoms with Crippen molar-refractivity contribution in [3.05, 3.63) is 35.4 Å². The summed E-state index contributed by atoms with van der Waals surface area (Å²) >= 11 is 0. The van der Waals surface area contributed by atoms with Crippen LogP contribution in [0.15, 0.2) is 24.3 Å². The van der Waals surface area contributed by atoms with Gasteiger partial charge in [-0.2, -0.15) is 0 Å². The van der Waals surface area contributed by atoms with Crippen molar-refractivity contribution < 1.29 is 28.7 Å². The van der Waals surface area contributed by atoms with Gasteiger partial charge in [0.1, 0.15) is 12.9 Å².